The first-order valence-corrected chi connectivity index (χ1v) is 10.1. The van der Waals surface area contributed by atoms with Crippen LogP contribution in [0.5, 0.6) is 23.0 Å². The Hall–Kier alpha value is -4.26. The number of ether oxygens (including phenoxy) is 4. The SMILES string of the molecule is COc1ccc(-c2c(C)oc3cc(OC(=O)c4ccccc4OC)ccc3c2=O)cc1OC. The molecule has 1 heterocycles. The van der Waals surface area contributed by atoms with Gasteiger partial charge in [-0.1, -0.05) is 18.2 Å². The summed E-state index contributed by atoms with van der Waals surface area (Å²) < 4.78 is 27.3. The van der Waals surface area contributed by atoms with E-state index in [9.17, 15) is 9.59 Å². The zero-order chi connectivity index (χ0) is 23.5. The molecule has 4 aromatic rings. The van der Waals surface area contributed by atoms with Crippen LogP contribution in [0.2, 0.25) is 0 Å². The lowest BCUT2D eigenvalue weighted by Gasteiger charge is -2.12. The highest BCUT2D eigenvalue weighted by molar-refractivity contribution is 5.94. The van der Waals surface area contributed by atoms with Crippen molar-refractivity contribution in [3.63, 3.8) is 0 Å². The van der Waals surface area contributed by atoms with Crippen LogP contribution in [0.4, 0.5) is 0 Å². The summed E-state index contributed by atoms with van der Waals surface area (Å²) in [5, 5.41) is 0.363. The average Bonchev–Trinajstić information content (AvgIpc) is 2.83. The van der Waals surface area contributed by atoms with Crippen molar-refractivity contribution in [3.8, 4) is 34.1 Å². The maximum atomic E-state index is 13.3. The Kier molecular flexibility index (Phi) is 6.04. The molecule has 0 saturated carbocycles. The number of carbonyl (C=O) groups is 1. The van der Waals surface area contributed by atoms with Crippen LogP contribution in [-0.2, 0) is 0 Å². The van der Waals surface area contributed by atoms with E-state index in [-0.39, 0.29) is 11.2 Å². The Morgan fingerprint density at radius 3 is 2.27 bits per heavy atom. The molecule has 33 heavy (non-hydrogen) atoms. The van der Waals surface area contributed by atoms with Gasteiger partial charge >= 0.3 is 5.97 Å². The summed E-state index contributed by atoms with van der Waals surface area (Å²) >= 11 is 0. The van der Waals surface area contributed by atoms with E-state index in [4.69, 9.17) is 23.4 Å². The fourth-order valence-electron chi connectivity index (χ4n) is 3.65. The molecule has 0 spiro atoms. The van der Waals surface area contributed by atoms with Crippen molar-refractivity contribution in [2.24, 2.45) is 0 Å². The van der Waals surface area contributed by atoms with E-state index in [2.05, 4.69) is 0 Å². The van der Waals surface area contributed by atoms with Crippen LogP contribution in [0, 0.1) is 6.92 Å². The van der Waals surface area contributed by atoms with Crippen LogP contribution < -0.4 is 24.4 Å². The molecular weight excluding hydrogens is 424 g/mol. The molecule has 0 aliphatic carbocycles. The number of benzene rings is 3. The second-order valence-corrected chi connectivity index (χ2v) is 7.18. The minimum atomic E-state index is -0.576. The molecule has 1 aromatic heterocycles. The first-order valence-electron chi connectivity index (χ1n) is 10.1. The van der Waals surface area contributed by atoms with Crippen molar-refractivity contribution in [3.05, 3.63) is 82.2 Å². The van der Waals surface area contributed by atoms with Crippen LogP contribution in [0.3, 0.4) is 0 Å². The maximum absolute atomic E-state index is 13.3. The van der Waals surface area contributed by atoms with Crippen LogP contribution in [0.15, 0.2) is 69.9 Å². The Balaban J connectivity index is 1.72. The van der Waals surface area contributed by atoms with Crippen molar-refractivity contribution in [2.45, 2.75) is 6.92 Å². The van der Waals surface area contributed by atoms with Gasteiger partial charge in [0.05, 0.1) is 32.3 Å². The Morgan fingerprint density at radius 1 is 0.818 bits per heavy atom. The van der Waals surface area contributed by atoms with Gasteiger partial charge in [0.25, 0.3) is 0 Å². The molecule has 0 N–H and O–H groups in total. The molecule has 7 nitrogen and oxygen atoms in total. The second-order valence-electron chi connectivity index (χ2n) is 7.18. The molecule has 4 rings (SSSR count). The highest BCUT2D eigenvalue weighted by Gasteiger charge is 2.18. The summed E-state index contributed by atoms with van der Waals surface area (Å²) in [5.41, 5.74) is 1.46. The highest BCUT2D eigenvalue weighted by Crippen LogP contribution is 2.33. The van der Waals surface area contributed by atoms with E-state index in [0.717, 1.165) is 0 Å². The van der Waals surface area contributed by atoms with Crippen molar-refractivity contribution in [1.82, 2.24) is 0 Å². The summed E-state index contributed by atoms with van der Waals surface area (Å²) in [5.74, 6) is 1.57. The quantitative estimate of drug-likeness (QED) is 0.304. The van der Waals surface area contributed by atoms with E-state index in [0.29, 0.717) is 50.7 Å². The molecule has 0 bridgehead atoms. The largest absolute Gasteiger partial charge is 0.496 e. The fraction of sp³-hybridized carbons (Fsp3) is 0.154. The van der Waals surface area contributed by atoms with Crippen LogP contribution in [0.1, 0.15) is 16.1 Å². The summed E-state index contributed by atoms with van der Waals surface area (Å²) in [6.45, 7) is 1.71. The first kappa shape index (κ1) is 22.0. The van der Waals surface area contributed by atoms with E-state index in [1.165, 1.54) is 20.3 Å². The highest BCUT2D eigenvalue weighted by atomic mass is 16.5. The molecule has 3 aromatic carbocycles. The summed E-state index contributed by atoms with van der Waals surface area (Å²) in [7, 11) is 4.56. The smallest absolute Gasteiger partial charge is 0.347 e. The average molecular weight is 446 g/mol. The number of esters is 1. The number of carbonyl (C=O) groups excluding carboxylic acids is 1. The molecule has 0 unspecified atom stereocenters. The summed E-state index contributed by atoms with van der Waals surface area (Å²) in [6, 6.07) is 16.7. The zero-order valence-corrected chi connectivity index (χ0v) is 18.6. The van der Waals surface area contributed by atoms with Crippen molar-refractivity contribution in [2.75, 3.05) is 21.3 Å². The number of aryl methyl sites for hydroxylation is 1. The molecular formula is C26H22O7. The molecule has 0 radical (unpaired) electrons. The van der Waals surface area contributed by atoms with Gasteiger partial charge in [-0.15, -0.1) is 0 Å². The van der Waals surface area contributed by atoms with Gasteiger partial charge in [0.2, 0.25) is 5.43 Å². The van der Waals surface area contributed by atoms with Gasteiger partial charge in [0, 0.05) is 6.07 Å². The number of para-hydroxylation sites is 1. The first-order chi connectivity index (χ1) is 16.0. The zero-order valence-electron chi connectivity index (χ0n) is 18.6. The Morgan fingerprint density at radius 2 is 1.55 bits per heavy atom. The van der Waals surface area contributed by atoms with Crippen molar-refractivity contribution < 1.29 is 28.2 Å². The van der Waals surface area contributed by atoms with Gasteiger partial charge in [-0.05, 0) is 48.9 Å². The third-order valence-electron chi connectivity index (χ3n) is 5.25. The normalized spacial score (nSPS) is 10.7. The van der Waals surface area contributed by atoms with Crippen molar-refractivity contribution >= 4 is 16.9 Å². The van der Waals surface area contributed by atoms with E-state index in [1.54, 1.807) is 68.6 Å². The lowest BCUT2D eigenvalue weighted by molar-refractivity contribution is 0.0731. The molecule has 7 heteroatoms. The molecule has 168 valence electrons. The van der Waals surface area contributed by atoms with E-state index >= 15 is 0 Å². The lowest BCUT2D eigenvalue weighted by atomic mass is 10.0. The van der Waals surface area contributed by atoms with Gasteiger partial charge in [0.1, 0.15) is 28.4 Å². The minimum absolute atomic E-state index is 0.205. The van der Waals surface area contributed by atoms with Crippen LogP contribution in [-0.4, -0.2) is 27.3 Å². The van der Waals surface area contributed by atoms with Gasteiger partial charge in [-0.25, -0.2) is 4.79 Å². The summed E-state index contributed by atoms with van der Waals surface area (Å²) in [4.78, 5) is 25.9. The van der Waals surface area contributed by atoms with Gasteiger partial charge in [-0.2, -0.15) is 0 Å². The third kappa shape index (κ3) is 4.13. The monoisotopic (exact) mass is 446 g/mol. The van der Waals surface area contributed by atoms with Crippen molar-refractivity contribution in [1.29, 1.82) is 0 Å². The van der Waals surface area contributed by atoms with Crippen LogP contribution >= 0.6 is 0 Å². The molecule has 0 amide bonds. The lowest BCUT2D eigenvalue weighted by Crippen LogP contribution is -2.11. The number of rotatable bonds is 6. The Labute approximate surface area is 190 Å². The van der Waals surface area contributed by atoms with Crippen LogP contribution in [0.25, 0.3) is 22.1 Å². The topological polar surface area (TPSA) is 84.2 Å². The van der Waals surface area contributed by atoms with E-state index < -0.39 is 5.97 Å². The van der Waals surface area contributed by atoms with Gasteiger partial charge in [-0.3, -0.25) is 4.79 Å². The molecule has 0 aliphatic rings. The van der Waals surface area contributed by atoms with Gasteiger partial charge in [0.15, 0.2) is 11.5 Å². The summed E-state index contributed by atoms with van der Waals surface area (Å²) in [6.07, 6.45) is 0. The predicted octanol–water partition coefficient (Wildman–Crippen LogP) is 5.01. The minimum Gasteiger partial charge on any atom is -0.496 e. The Bertz CT molecular complexity index is 1400. The molecule has 0 atom stereocenters. The third-order valence-corrected chi connectivity index (χ3v) is 5.25. The number of fused-ring (bicyclic) bond motifs is 1. The predicted molar refractivity (Wildman–Crippen MR) is 124 cm³/mol. The van der Waals surface area contributed by atoms with Gasteiger partial charge < -0.3 is 23.4 Å². The standard InChI is InChI=1S/C26H22O7/c1-15-24(16-9-12-21(30-3)23(13-16)31-4)25(27)18-11-10-17(14-22(18)32-15)33-26(28)19-7-5-6-8-20(19)29-2/h5-14H,1-4H3. The number of hydrogen-bond donors (Lipinski definition) is 0. The second kappa shape index (κ2) is 9.08. The fourth-order valence-corrected chi connectivity index (χ4v) is 3.65. The number of hydrogen-bond acceptors (Lipinski definition) is 7. The number of methoxy groups -OCH3 is 3. The molecule has 0 fully saturated rings. The molecule has 0 aliphatic heterocycles. The van der Waals surface area contributed by atoms with E-state index in [1.807, 2.05) is 0 Å². The molecule has 0 saturated heterocycles. The maximum Gasteiger partial charge on any atom is 0.347 e.